The van der Waals surface area contributed by atoms with E-state index in [1.54, 1.807) is 0 Å². The molecule has 4 heterocycles. The van der Waals surface area contributed by atoms with Gasteiger partial charge in [-0.3, -0.25) is 0 Å². The van der Waals surface area contributed by atoms with Gasteiger partial charge in [-0.2, -0.15) is 0 Å². The maximum atomic E-state index is 2.79. The van der Waals surface area contributed by atoms with Crippen molar-refractivity contribution < 1.29 is 0 Å². The minimum absolute atomic E-state index is 0.0774. The molecule has 15 aromatic rings. The Morgan fingerprint density at radius 2 is 0.472 bits per heavy atom. The summed E-state index contributed by atoms with van der Waals surface area (Å²) in [6.45, 7) is 78.2. The summed E-state index contributed by atoms with van der Waals surface area (Å²) < 4.78 is 5.20. The molecule has 0 atom stereocenters. The molecular formula is C122H139BN4. The molecule has 4 nitrogen and oxygen atoms in total. The van der Waals surface area contributed by atoms with Gasteiger partial charge in [0.05, 0.1) is 33.4 Å². The largest absolute Gasteiger partial charge is 0.311 e. The molecule has 0 amide bonds. The highest BCUT2D eigenvalue weighted by Crippen LogP contribution is 2.56. The van der Waals surface area contributed by atoms with Crippen molar-refractivity contribution >= 4 is 101 Å². The van der Waals surface area contributed by atoms with Crippen molar-refractivity contribution in [1.82, 2.24) is 9.13 Å². The maximum Gasteiger partial charge on any atom is 0.252 e. The second kappa shape index (κ2) is 29.9. The molecule has 650 valence electrons. The van der Waals surface area contributed by atoms with Crippen LogP contribution in [0.25, 0.3) is 99.5 Å². The summed E-state index contributed by atoms with van der Waals surface area (Å²) >= 11 is 0. The van der Waals surface area contributed by atoms with Gasteiger partial charge in [0, 0.05) is 66.8 Å². The van der Waals surface area contributed by atoms with Crippen molar-refractivity contribution in [3.05, 3.63) is 304 Å². The number of aromatic nitrogens is 2. The van der Waals surface area contributed by atoms with Gasteiger partial charge in [0.15, 0.2) is 0 Å². The highest BCUT2D eigenvalue weighted by atomic mass is 15.2. The third-order valence-corrected chi connectivity index (χ3v) is 27.9. The number of fused-ring (bicyclic) bond motifs is 10. The molecule has 0 bridgehead atoms. The van der Waals surface area contributed by atoms with Gasteiger partial charge >= 0.3 is 0 Å². The summed E-state index contributed by atoms with van der Waals surface area (Å²) in [6, 6.07) is 98.3. The van der Waals surface area contributed by atoms with E-state index in [-0.39, 0.29) is 66.3 Å². The van der Waals surface area contributed by atoms with Crippen molar-refractivity contribution in [2.75, 3.05) is 9.80 Å². The first-order chi connectivity index (χ1) is 58.9. The van der Waals surface area contributed by atoms with Crippen LogP contribution in [-0.4, -0.2) is 15.8 Å². The smallest absolute Gasteiger partial charge is 0.252 e. The Hall–Kier alpha value is -10.9. The monoisotopic (exact) mass is 1670 g/mol. The molecule has 2 aliphatic heterocycles. The fourth-order valence-corrected chi connectivity index (χ4v) is 20.4. The highest BCUT2D eigenvalue weighted by molar-refractivity contribution is 7.00. The number of anilines is 6. The summed E-state index contributed by atoms with van der Waals surface area (Å²) in [5, 5.41) is 5.07. The molecular weight excluding hydrogens is 1530 g/mol. The van der Waals surface area contributed by atoms with E-state index in [9.17, 15) is 0 Å². The first kappa shape index (κ1) is 88.2. The number of hydrogen-bond acceptors (Lipinski definition) is 2. The average Bonchev–Trinajstić information content (AvgIpc) is 1.00. The fraction of sp³-hybridized carbons (Fsp3) is 0.361. The Balaban J connectivity index is 1.08. The van der Waals surface area contributed by atoms with Crippen molar-refractivity contribution in [3.8, 4) is 55.9 Å². The lowest BCUT2D eigenvalue weighted by Crippen LogP contribution is -2.61. The van der Waals surface area contributed by atoms with Crippen molar-refractivity contribution in [3.63, 3.8) is 0 Å². The van der Waals surface area contributed by atoms with E-state index in [0.717, 1.165) is 34.1 Å². The third kappa shape index (κ3) is 15.6. The fourth-order valence-electron chi connectivity index (χ4n) is 20.4. The maximum absolute atomic E-state index is 2.79. The summed E-state index contributed by atoms with van der Waals surface area (Å²) in [7, 11) is 0. The predicted octanol–water partition coefficient (Wildman–Crippen LogP) is 32.9. The molecule has 2 aromatic heterocycles. The zero-order valence-corrected chi connectivity index (χ0v) is 83.0. The number of rotatable bonds is 8. The Morgan fingerprint density at radius 1 is 0.197 bits per heavy atom. The van der Waals surface area contributed by atoms with Crippen LogP contribution < -0.4 is 26.2 Å². The minimum Gasteiger partial charge on any atom is -0.311 e. The minimum atomic E-state index is -0.373. The van der Waals surface area contributed by atoms with Crippen LogP contribution in [0.4, 0.5) is 34.1 Å². The van der Waals surface area contributed by atoms with Gasteiger partial charge in [0.1, 0.15) is 0 Å². The molecule has 0 saturated heterocycles. The topological polar surface area (TPSA) is 16.3 Å². The zero-order valence-electron chi connectivity index (χ0n) is 83.0. The SMILES string of the molecule is CC(C)(C)c1cccc(-c2ccc(-c3c(C(C)(C)C)cccc3C(C)(C)C)cc2N2c3cc(-n4c5ccc(C(C)(C)C)cc5c5cc(C(C)(C)C)ccc54)ccc3B3c4ccc(-n5c6ccc(C(C)(C)C)cc6c6cc(C(C)(C)C)ccc65)cc4N(c4cc(-c5c(C(C)(C)C)cccc5C(C)(C)C)ccc4-c4cccc(C(C)(C)C)c4)c4cc(C(C)(C)C)cc2c43)c1. The Labute approximate surface area is 762 Å². The number of nitrogens with zero attached hydrogens (tertiary/aromatic N) is 4. The van der Waals surface area contributed by atoms with E-state index >= 15 is 0 Å². The van der Waals surface area contributed by atoms with Crippen LogP contribution >= 0.6 is 0 Å². The number of benzene rings is 13. The summed E-state index contributed by atoms with van der Waals surface area (Å²) in [4.78, 5) is 5.58. The van der Waals surface area contributed by atoms with E-state index in [2.05, 4.69) is 490 Å². The predicted molar refractivity (Wildman–Crippen MR) is 557 cm³/mol. The van der Waals surface area contributed by atoms with Gasteiger partial charge in [0.2, 0.25) is 0 Å². The van der Waals surface area contributed by atoms with E-state index in [4.69, 9.17) is 0 Å². The molecule has 17 rings (SSSR count). The standard InChI is InChI=1S/C122H139BN4/c1-112(2,3)78-40-34-38-74(62-78)87-54-46-76(109-93(119(22,23)24)42-36-43-94(109)120(25,26)27)64-103(87)126-105-72-85(124-99-58-48-80(114(7,8)9)66-89(99)90-67-81(115(10,11)12)49-59-100(90)124)52-56-97(105)123-98-57-53-86(125-101-60-50-82(116(13,14)15)68-91(101)92-69-83(117(16,17)18)51-61-102(92)125)73-106(98)127(108-71-84(118(19,20)21)70-107(126)111(108)123)104-65-77(47-55-88(104)75-39-35-41-79(63-75)113(4,5)6)110-95(121(28,29)30)44-37-45-96(110)122(31,32)33/h34-73H,1-33H3. The van der Waals surface area contributed by atoms with Crippen molar-refractivity contribution in [2.24, 2.45) is 0 Å². The summed E-state index contributed by atoms with van der Waals surface area (Å²) in [6.07, 6.45) is 0. The van der Waals surface area contributed by atoms with Gasteiger partial charge in [-0.05, 0) is 268 Å². The number of hydrogen-bond donors (Lipinski definition) is 0. The lowest BCUT2D eigenvalue weighted by Gasteiger charge is -2.46. The summed E-state index contributed by atoms with van der Waals surface area (Å²) in [5.74, 6) is 0. The molecule has 0 saturated carbocycles. The van der Waals surface area contributed by atoms with Crippen LogP contribution in [0.3, 0.4) is 0 Å². The Kier molecular flexibility index (Phi) is 20.7. The van der Waals surface area contributed by atoms with Gasteiger partial charge in [0.25, 0.3) is 6.71 Å². The molecule has 0 spiro atoms. The van der Waals surface area contributed by atoms with Crippen LogP contribution in [0.15, 0.2) is 243 Å². The Bertz CT molecular complexity index is 6340. The molecule has 0 N–H and O–H groups in total. The molecule has 127 heavy (non-hydrogen) atoms. The molecule has 0 unspecified atom stereocenters. The van der Waals surface area contributed by atoms with E-state index in [0.29, 0.717) is 0 Å². The molecule has 5 heteroatoms. The summed E-state index contributed by atoms with van der Waals surface area (Å²) in [5.41, 5.74) is 40.0. The van der Waals surface area contributed by atoms with Crippen LogP contribution in [0.1, 0.15) is 290 Å². The van der Waals surface area contributed by atoms with Crippen molar-refractivity contribution in [1.29, 1.82) is 0 Å². The van der Waals surface area contributed by atoms with Gasteiger partial charge in [-0.25, -0.2) is 0 Å². The van der Waals surface area contributed by atoms with Gasteiger partial charge < -0.3 is 18.9 Å². The Morgan fingerprint density at radius 3 is 0.748 bits per heavy atom. The zero-order chi connectivity index (χ0) is 91.6. The second-order valence-electron chi connectivity index (χ2n) is 48.9. The second-order valence-corrected chi connectivity index (χ2v) is 48.9. The lowest BCUT2D eigenvalue weighted by molar-refractivity contribution is 0.571. The molecule has 0 fully saturated rings. The molecule has 13 aromatic carbocycles. The first-order valence-corrected chi connectivity index (χ1v) is 47.0. The van der Waals surface area contributed by atoms with Crippen molar-refractivity contribution in [2.45, 2.75) is 288 Å². The molecule has 0 radical (unpaired) electrons. The molecule has 0 aliphatic carbocycles. The third-order valence-electron chi connectivity index (χ3n) is 27.9. The normalized spacial score (nSPS) is 14.0. The van der Waals surface area contributed by atoms with Crippen LogP contribution in [0.5, 0.6) is 0 Å². The van der Waals surface area contributed by atoms with Crippen LogP contribution in [0.2, 0.25) is 0 Å². The highest BCUT2D eigenvalue weighted by Gasteiger charge is 2.47. The average molecular weight is 1670 g/mol. The van der Waals surface area contributed by atoms with E-state index < -0.39 is 0 Å². The van der Waals surface area contributed by atoms with Crippen LogP contribution in [0, 0.1) is 0 Å². The lowest BCUT2D eigenvalue weighted by atomic mass is 9.33. The van der Waals surface area contributed by atoms with Gasteiger partial charge in [-0.15, -0.1) is 0 Å². The van der Waals surface area contributed by atoms with Crippen LogP contribution in [-0.2, 0) is 59.6 Å². The van der Waals surface area contributed by atoms with Gasteiger partial charge in [-0.1, -0.05) is 374 Å². The van der Waals surface area contributed by atoms with E-state index in [1.165, 1.54) is 177 Å². The first-order valence-electron chi connectivity index (χ1n) is 47.0. The quantitative estimate of drug-likeness (QED) is 0.141. The molecule has 2 aliphatic rings. The van der Waals surface area contributed by atoms with E-state index in [1.807, 2.05) is 0 Å².